The van der Waals surface area contributed by atoms with Gasteiger partial charge in [0.25, 0.3) is 0 Å². The maximum Gasteiger partial charge on any atom is 0.322 e. The van der Waals surface area contributed by atoms with Crippen LogP contribution in [0.2, 0.25) is 0 Å². The molecule has 8 nitrogen and oxygen atoms in total. The van der Waals surface area contributed by atoms with E-state index in [0.717, 1.165) is 17.0 Å². The number of amides is 2. The fourth-order valence-corrected chi connectivity index (χ4v) is 3.31. The first-order chi connectivity index (χ1) is 13.7. The molecule has 0 unspecified atom stereocenters. The van der Waals surface area contributed by atoms with Gasteiger partial charge in [0.2, 0.25) is 5.95 Å². The van der Waals surface area contributed by atoms with Crippen molar-refractivity contribution in [2.75, 3.05) is 50.6 Å². The number of carbonyl (C=O) groups excluding carboxylic acids is 1. The van der Waals surface area contributed by atoms with Gasteiger partial charge in [0.1, 0.15) is 11.5 Å². The number of nitrogens with zero attached hydrogens (tertiary/aromatic N) is 3. The van der Waals surface area contributed by atoms with Crippen molar-refractivity contribution < 1.29 is 14.3 Å². The summed E-state index contributed by atoms with van der Waals surface area (Å²) in [6, 6.07) is 13.1. The minimum atomic E-state index is -0.146. The second-order valence-electron chi connectivity index (χ2n) is 6.55. The molecule has 8 heteroatoms. The van der Waals surface area contributed by atoms with Crippen molar-refractivity contribution >= 4 is 28.7 Å². The number of fused-ring (bicyclic) bond motifs is 1. The Labute approximate surface area is 163 Å². The van der Waals surface area contributed by atoms with E-state index >= 15 is 0 Å². The van der Waals surface area contributed by atoms with Crippen LogP contribution < -0.4 is 19.7 Å². The van der Waals surface area contributed by atoms with Crippen LogP contribution >= 0.6 is 0 Å². The second kappa shape index (κ2) is 7.67. The van der Waals surface area contributed by atoms with Gasteiger partial charge in [0.05, 0.1) is 30.9 Å². The first-order valence-electron chi connectivity index (χ1n) is 9.15. The molecule has 3 aromatic rings. The summed E-state index contributed by atoms with van der Waals surface area (Å²) in [5.74, 6) is 2.08. The van der Waals surface area contributed by atoms with Gasteiger partial charge < -0.3 is 29.6 Å². The first kappa shape index (κ1) is 18.0. The Morgan fingerprint density at radius 1 is 1.07 bits per heavy atom. The van der Waals surface area contributed by atoms with Crippen LogP contribution in [0.5, 0.6) is 11.5 Å². The van der Waals surface area contributed by atoms with E-state index in [1.54, 1.807) is 37.3 Å². The number of anilines is 2. The van der Waals surface area contributed by atoms with Gasteiger partial charge in [-0.25, -0.2) is 9.78 Å². The number of imidazole rings is 1. The minimum Gasteiger partial charge on any atom is -0.497 e. The van der Waals surface area contributed by atoms with Crippen LogP contribution in [0.25, 0.3) is 11.0 Å². The lowest BCUT2D eigenvalue weighted by Gasteiger charge is -2.34. The Morgan fingerprint density at radius 2 is 1.86 bits per heavy atom. The average molecular weight is 381 g/mol. The maximum absolute atomic E-state index is 12.7. The zero-order valence-electron chi connectivity index (χ0n) is 15.9. The van der Waals surface area contributed by atoms with E-state index in [0.29, 0.717) is 43.4 Å². The summed E-state index contributed by atoms with van der Waals surface area (Å²) in [4.78, 5) is 24.6. The van der Waals surface area contributed by atoms with Crippen LogP contribution in [-0.4, -0.2) is 61.3 Å². The molecule has 1 aliphatic heterocycles. The highest BCUT2D eigenvalue weighted by Gasteiger charge is 2.23. The molecule has 1 aliphatic rings. The highest BCUT2D eigenvalue weighted by Crippen LogP contribution is 2.29. The smallest absolute Gasteiger partial charge is 0.322 e. The number of aromatic nitrogens is 2. The molecule has 2 N–H and O–H groups in total. The molecule has 2 aromatic carbocycles. The van der Waals surface area contributed by atoms with Gasteiger partial charge in [-0.15, -0.1) is 0 Å². The maximum atomic E-state index is 12.7. The number of hydrogen-bond acceptors (Lipinski definition) is 5. The molecule has 0 radical (unpaired) electrons. The van der Waals surface area contributed by atoms with Gasteiger partial charge in [0.15, 0.2) is 0 Å². The third kappa shape index (κ3) is 3.53. The topological polar surface area (TPSA) is 82.7 Å². The van der Waals surface area contributed by atoms with Crippen LogP contribution in [0.4, 0.5) is 16.4 Å². The molecule has 2 heterocycles. The summed E-state index contributed by atoms with van der Waals surface area (Å²) in [5.41, 5.74) is 2.58. The van der Waals surface area contributed by atoms with E-state index in [2.05, 4.69) is 20.2 Å². The summed E-state index contributed by atoms with van der Waals surface area (Å²) in [6.45, 7) is 2.66. The highest BCUT2D eigenvalue weighted by molar-refractivity contribution is 5.91. The number of para-hydroxylation sites is 2. The lowest BCUT2D eigenvalue weighted by molar-refractivity contribution is 0.208. The van der Waals surface area contributed by atoms with Gasteiger partial charge in [-0.3, -0.25) is 0 Å². The molecule has 0 saturated carbocycles. The molecule has 2 amide bonds. The van der Waals surface area contributed by atoms with Crippen molar-refractivity contribution in [2.24, 2.45) is 0 Å². The van der Waals surface area contributed by atoms with Crippen LogP contribution in [0.3, 0.4) is 0 Å². The van der Waals surface area contributed by atoms with Crippen molar-refractivity contribution in [1.82, 2.24) is 14.9 Å². The number of piperazine rings is 1. The highest BCUT2D eigenvalue weighted by atomic mass is 16.5. The van der Waals surface area contributed by atoms with Crippen LogP contribution in [0, 0.1) is 0 Å². The fraction of sp³-hybridized carbons (Fsp3) is 0.300. The van der Waals surface area contributed by atoms with Gasteiger partial charge in [-0.1, -0.05) is 12.1 Å². The molecule has 0 aliphatic carbocycles. The van der Waals surface area contributed by atoms with E-state index in [1.807, 2.05) is 24.3 Å². The molecular formula is C20H23N5O3. The van der Waals surface area contributed by atoms with Crippen molar-refractivity contribution in [1.29, 1.82) is 0 Å². The van der Waals surface area contributed by atoms with E-state index in [4.69, 9.17) is 9.47 Å². The van der Waals surface area contributed by atoms with Gasteiger partial charge in [-0.05, 0) is 24.3 Å². The Balaban J connectivity index is 1.39. The number of carbonyl (C=O) groups is 1. The number of urea groups is 1. The molecule has 0 bridgehead atoms. The standard InChI is InChI=1S/C20H23N5O3/c1-27-14-7-8-17(18(13-14)28-2)23-20(26)25-11-9-24(10-12-25)19-21-15-5-3-4-6-16(15)22-19/h3-8,13H,9-12H2,1-2H3,(H,21,22)(H,23,26). The zero-order valence-corrected chi connectivity index (χ0v) is 15.9. The van der Waals surface area contributed by atoms with Crippen molar-refractivity contribution in [2.45, 2.75) is 0 Å². The van der Waals surface area contributed by atoms with Crippen molar-refractivity contribution in [3.8, 4) is 11.5 Å². The summed E-state index contributed by atoms with van der Waals surface area (Å²) in [5, 5.41) is 2.92. The Morgan fingerprint density at radius 3 is 2.57 bits per heavy atom. The van der Waals surface area contributed by atoms with Crippen LogP contribution in [-0.2, 0) is 0 Å². The molecule has 0 spiro atoms. The van der Waals surface area contributed by atoms with Gasteiger partial charge in [-0.2, -0.15) is 0 Å². The third-order valence-electron chi connectivity index (χ3n) is 4.89. The van der Waals surface area contributed by atoms with E-state index in [-0.39, 0.29) is 6.03 Å². The summed E-state index contributed by atoms with van der Waals surface area (Å²) < 4.78 is 10.5. The number of H-pyrrole nitrogens is 1. The summed E-state index contributed by atoms with van der Waals surface area (Å²) in [7, 11) is 3.16. The van der Waals surface area contributed by atoms with Crippen LogP contribution in [0.1, 0.15) is 0 Å². The molecule has 1 fully saturated rings. The third-order valence-corrected chi connectivity index (χ3v) is 4.89. The van der Waals surface area contributed by atoms with Crippen LogP contribution in [0.15, 0.2) is 42.5 Å². The molecule has 1 saturated heterocycles. The zero-order chi connectivity index (χ0) is 19.5. The Bertz CT molecular complexity index is 946. The quantitative estimate of drug-likeness (QED) is 0.726. The fourth-order valence-electron chi connectivity index (χ4n) is 3.31. The SMILES string of the molecule is COc1ccc(NC(=O)N2CCN(c3nc4ccccc4[nH]3)CC2)c(OC)c1. The molecule has 1 aromatic heterocycles. The van der Waals surface area contributed by atoms with E-state index < -0.39 is 0 Å². The first-order valence-corrected chi connectivity index (χ1v) is 9.15. The number of benzene rings is 2. The van der Waals surface area contributed by atoms with E-state index in [9.17, 15) is 4.79 Å². The summed E-state index contributed by atoms with van der Waals surface area (Å²) in [6.07, 6.45) is 0. The van der Waals surface area contributed by atoms with Crippen molar-refractivity contribution in [3.63, 3.8) is 0 Å². The number of nitrogens with one attached hydrogen (secondary N) is 2. The molecule has 0 atom stereocenters. The van der Waals surface area contributed by atoms with Gasteiger partial charge >= 0.3 is 6.03 Å². The minimum absolute atomic E-state index is 0.146. The number of methoxy groups -OCH3 is 2. The van der Waals surface area contributed by atoms with Gasteiger partial charge in [0, 0.05) is 32.2 Å². The number of hydrogen-bond donors (Lipinski definition) is 2. The Hall–Kier alpha value is -3.42. The average Bonchev–Trinajstić information content (AvgIpc) is 3.18. The molecule has 146 valence electrons. The monoisotopic (exact) mass is 381 g/mol. The normalized spacial score (nSPS) is 14.2. The number of ether oxygens (including phenoxy) is 2. The molecular weight excluding hydrogens is 358 g/mol. The number of rotatable bonds is 4. The Kier molecular flexibility index (Phi) is 4.92. The predicted molar refractivity (Wildman–Crippen MR) is 108 cm³/mol. The van der Waals surface area contributed by atoms with Crippen molar-refractivity contribution in [3.05, 3.63) is 42.5 Å². The number of aromatic amines is 1. The summed E-state index contributed by atoms with van der Waals surface area (Å²) >= 11 is 0. The van der Waals surface area contributed by atoms with E-state index in [1.165, 1.54) is 0 Å². The predicted octanol–water partition coefficient (Wildman–Crippen LogP) is 2.93. The molecule has 28 heavy (non-hydrogen) atoms. The lowest BCUT2D eigenvalue weighted by Crippen LogP contribution is -2.50. The second-order valence-corrected chi connectivity index (χ2v) is 6.55. The largest absolute Gasteiger partial charge is 0.497 e. The lowest BCUT2D eigenvalue weighted by atomic mass is 10.2. The molecule has 4 rings (SSSR count).